The van der Waals surface area contributed by atoms with Crippen molar-refractivity contribution in [1.82, 2.24) is 0 Å². The fraction of sp³-hybridized carbons (Fsp3) is 0.176. The number of furan rings is 1. The van der Waals surface area contributed by atoms with Gasteiger partial charge in [-0.15, -0.1) is 0 Å². The molecule has 3 rings (SSSR count). The molecule has 0 bridgehead atoms. The average Bonchev–Trinajstić information content (AvgIpc) is 2.98. The number of methoxy groups -OCH3 is 1. The van der Waals surface area contributed by atoms with Crippen molar-refractivity contribution in [3.8, 4) is 17.3 Å². The van der Waals surface area contributed by atoms with Gasteiger partial charge >= 0.3 is 11.6 Å². The summed E-state index contributed by atoms with van der Waals surface area (Å²) < 4.78 is 15.6. The van der Waals surface area contributed by atoms with Crippen LogP contribution in [0.3, 0.4) is 0 Å². The average molecular weight is 314 g/mol. The van der Waals surface area contributed by atoms with E-state index >= 15 is 0 Å². The zero-order chi connectivity index (χ0) is 16.7. The fourth-order valence-electron chi connectivity index (χ4n) is 2.35. The first-order valence-electron chi connectivity index (χ1n) is 6.88. The first-order valence-corrected chi connectivity index (χ1v) is 6.88. The van der Waals surface area contributed by atoms with E-state index in [9.17, 15) is 14.7 Å². The van der Waals surface area contributed by atoms with Gasteiger partial charge in [0.2, 0.25) is 0 Å². The largest absolute Gasteiger partial charge is 0.507 e. The van der Waals surface area contributed by atoms with E-state index in [0.717, 1.165) is 5.39 Å². The molecule has 0 spiro atoms. The van der Waals surface area contributed by atoms with Crippen LogP contribution in [0.15, 0.2) is 37.9 Å². The molecular weight excluding hydrogens is 300 g/mol. The number of fused-ring (bicyclic) bond motifs is 1. The molecule has 2 heterocycles. The third-order valence-electron chi connectivity index (χ3n) is 3.72. The summed E-state index contributed by atoms with van der Waals surface area (Å²) in [4.78, 5) is 23.3. The number of ether oxygens (including phenoxy) is 1. The number of benzene rings is 1. The van der Waals surface area contributed by atoms with Crippen molar-refractivity contribution in [1.29, 1.82) is 0 Å². The maximum absolute atomic E-state index is 11.8. The molecule has 0 atom stereocenters. The highest BCUT2D eigenvalue weighted by Crippen LogP contribution is 2.33. The van der Waals surface area contributed by atoms with E-state index in [1.54, 1.807) is 31.2 Å². The zero-order valence-electron chi connectivity index (χ0n) is 12.8. The van der Waals surface area contributed by atoms with Gasteiger partial charge in [0.25, 0.3) is 0 Å². The van der Waals surface area contributed by atoms with Crippen LogP contribution in [-0.2, 0) is 4.74 Å². The zero-order valence-corrected chi connectivity index (χ0v) is 12.8. The van der Waals surface area contributed by atoms with E-state index in [4.69, 9.17) is 8.83 Å². The van der Waals surface area contributed by atoms with Crippen molar-refractivity contribution < 1.29 is 23.5 Å². The van der Waals surface area contributed by atoms with E-state index in [2.05, 4.69) is 4.74 Å². The Bertz CT molecular complexity index is 977. The Morgan fingerprint density at radius 1 is 1.13 bits per heavy atom. The molecule has 6 nitrogen and oxygen atoms in total. The Morgan fingerprint density at radius 2 is 1.87 bits per heavy atom. The number of esters is 1. The molecule has 1 aromatic carbocycles. The Kier molecular flexibility index (Phi) is 3.44. The molecule has 0 saturated carbocycles. The molecule has 0 aliphatic rings. The molecule has 1 N–H and O–H groups in total. The lowest BCUT2D eigenvalue weighted by Gasteiger charge is -2.05. The van der Waals surface area contributed by atoms with E-state index in [-0.39, 0.29) is 17.1 Å². The lowest BCUT2D eigenvalue weighted by molar-refractivity contribution is 0.0601. The molecule has 0 radical (unpaired) electrons. The Morgan fingerprint density at radius 3 is 2.57 bits per heavy atom. The minimum absolute atomic E-state index is 0.119. The monoisotopic (exact) mass is 314 g/mol. The van der Waals surface area contributed by atoms with Crippen molar-refractivity contribution in [2.45, 2.75) is 13.8 Å². The van der Waals surface area contributed by atoms with Crippen molar-refractivity contribution in [3.63, 3.8) is 0 Å². The summed E-state index contributed by atoms with van der Waals surface area (Å²) in [6.45, 7) is 3.12. The van der Waals surface area contributed by atoms with Crippen molar-refractivity contribution >= 4 is 16.9 Å². The van der Waals surface area contributed by atoms with Crippen LogP contribution < -0.4 is 5.63 Å². The minimum atomic E-state index is -0.626. The van der Waals surface area contributed by atoms with Crippen LogP contribution >= 0.6 is 0 Å². The third kappa shape index (κ3) is 2.38. The van der Waals surface area contributed by atoms with Gasteiger partial charge in [0.1, 0.15) is 11.3 Å². The first kappa shape index (κ1) is 14.9. The Hall–Kier alpha value is -3.02. The number of aromatic hydroxyl groups is 1. The molecule has 6 heteroatoms. The molecule has 0 aliphatic carbocycles. The lowest BCUT2D eigenvalue weighted by atomic mass is 10.1. The van der Waals surface area contributed by atoms with E-state index < -0.39 is 11.6 Å². The molecular formula is C17H14O6. The normalized spacial score (nSPS) is 10.9. The second-order valence-corrected chi connectivity index (χ2v) is 5.17. The second kappa shape index (κ2) is 5.31. The van der Waals surface area contributed by atoms with Crippen LogP contribution in [0.5, 0.6) is 5.75 Å². The van der Waals surface area contributed by atoms with Crippen molar-refractivity contribution in [3.05, 3.63) is 51.4 Å². The van der Waals surface area contributed by atoms with Crippen molar-refractivity contribution in [2.24, 2.45) is 0 Å². The third-order valence-corrected chi connectivity index (χ3v) is 3.72. The summed E-state index contributed by atoms with van der Waals surface area (Å²) in [7, 11) is 1.30. The van der Waals surface area contributed by atoms with Gasteiger partial charge in [0.15, 0.2) is 11.5 Å². The topological polar surface area (TPSA) is 89.9 Å². The smallest absolute Gasteiger partial charge is 0.343 e. The molecule has 0 aliphatic heterocycles. The second-order valence-electron chi connectivity index (χ2n) is 5.17. The summed E-state index contributed by atoms with van der Waals surface area (Å²) in [5.74, 6) is -0.131. The van der Waals surface area contributed by atoms with Crippen LogP contribution in [-0.4, -0.2) is 18.2 Å². The van der Waals surface area contributed by atoms with Gasteiger partial charge in [-0.3, -0.25) is 0 Å². The highest BCUT2D eigenvalue weighted by Gasteiger charge is 2.18. The molecule has 0 fully saturated rings. The van der Waals surface area contributed by atoms with Crippen LogP contribution in [0.25, 0.3) is 22.5 Å². The molecule has 0 saturated heterocycles. The molecule has 3 aromatic rings. The minimum Gasteiger partial charge on any atom is -0.507 e. The summed E-state index contributed by atoms with van der Waals surface area (Å²) in [6.07, 6.45) is 0. The van der Waals surface area contributed by atoms with Crippen LogP contribution in [0.2, 0.25) is 0 Å². The Labute approximate surface area is 130 Å². The van der Waals surface area contributed by atoms with Crippen molar-refractivity contribution in [2.75, 3.05) is 7.11 Å². The number of hydrogen-bond acceptors (Lipinski definition) is 6. The van der Waals surface area contributed by atoms with E-state index in [1.807, 2.05) is 0 Å². The van der Waals surface area contributed by atoms with Crippen LogP contribution in [0.1, 0.15) is 21.5 Å². The van der Waals surface area contributed by atoms with Gasteiger partial charge < -0.3 is 18.7 Å². The predicted molar refractivity (Wildman–Crippen MR) is 82.7 cm³/mol. The first-order chi connectivity index (χ1) is 10.9. The van der Waals surface area contributed by atoms with Crippen LogP contribution in [0.4, 0.5) is 0 Å². The fourth-order valence-corrected chi connectivity index (χ4v) is 2.35. The van der Waals surface area contributed by atoms with Gasteiger partial charge in [-0.25, -0.2) is 9.59 Å². The Balaban J connectivity index is 2.18. The number of carbonyl (C=O) groups is 1. The van der Waals surface area contributed by atoms with Gasteiger partial charge in [0.05, 0.1) is 18.2 Å². The lowest BCUT2D eigenvalue weighted by Crippen LogP contribution is -2.05. The maximum Gasteiger partial charge on any atom is 0.343 e. The highest BCUT2D eigenvalue weighted by atomic mass is 16.5. The molecule has 0 amide bonds. The predicted octanol–water partition coefficient (Wildman–Crippen LogP) is 3.16. The summed E-state index contributed by atoms with van der Waals surface area (Å²) >= 11 is 0. The van der Waals surface area contributed by atoms with Gasteiger partial charge in [-0.1, -0.05) is 6.07 Å². The highest BCUT2D eigenvalue weighted by molar-refractivity contribution is 5.94. The van der Waals surface area contributed by atoms with Crippen LogP contribution in [0, 0.1) is 13.8 Å². The number of hydrogen-bond donors (Lipinski definition) is 1. The van der Waals surface area contributed by atoms with Gasteiger partial charge in [-0.2, -0.15) is 0 Å². The quantitative estimate of drug-likeness (QED) is 0.731. The summed E-state index contributed by atoms with van der Waals surface area (Å²) in [5.41, 5.74) is 0.735. The van der Waals surface area contributed by atoms with Gasteiger partial charge in [-0.05, 0) is 32.0 Å². The molecule has 118 valence electrons. The number of carbonyl (C=O) groups excluding carboxylic acids is 1. The van der Waals surface area contributed by atoms with E-state index in [0.29, 0.717) is 22.5 Å². The number of rotatable bonds is 2. The molecule has 0 unspecified atom stereocenters. The summed E-state index contributed by atoms with van der Waals surface area (Å²) in [6, 6.07) is 6.54. The molecule has 23 heavy (non-hydrogen) atoms. The summed E-state index contributed by atoms with van der Waals surface area (Å²) in [5, 5.41) is 10.7. The van der Waals surface area contributed by atoms with Gasteiger partial charge in [0, 0.05) is 10.9 Å². The van der Waals surface area contributed by atoms with E-state index in [1.165, 1.54) is 14.0 Å². The standard InChI is InChI=1S/C17H14O6/c1-8-14(18)9(2)16(19)23-15(8)13-6-10-4-5-11(17(20)21-3)7-12(10)22-13/h4-7,18H,1-3H3. The molecule has 2 aromatic heterocycles. The SMILES string of the molecule is COC(=O)c1ccc2cc(-c3oc(=O)c(C)c(O)c3C)oc2c1. The maximum atomic E-state index is 11.8.